The van der Waals surface area contributed by atoms with Gasteiger partial charge in [0.15, 0.2) is 5.82 Å². The van der Waals surface area contributed by atoms with Crippen LogP contribution in [0.3, 0.4) is 0 Å². The van der Waals surface area contributed by atoms with Crippen LogP contribution in [0.2, 0.25) is 0 Å². The second-order valence-electron chi connectivity index (χ2n) is 2.59. The molecule has 6 heteroatoms. The van der Waals surface area contributed by atoms with E-state index < -0.39 is 11.9 Å². The Morgan fingerprint density at radius 3 is 2.67 bits per heavy atom. The van der Waals surface area contributed by atoms with Crippen LogP contribution in [0.4, 0.5) is 19.0 Å². The molecule has 0 bridgehead atoms. The standard InChI is InChI=1S/C9H8F3N3/c10-9(11,12)7(13)4-6-15-8-3-1-2-5-14-8/h1-6H,13H2. The fourth-order valence-corrected chi connectivity index (χ4v) is 0.719. The third-order valence-electron chi connectivity index (χ3n) is 1.44. The Balaban J connectivity index is 2.69. The molecule has 3 nitrogen and oxygen atoms in total. The Morgan fingerprint density at radius 2 is 2.13 bits per heavy atom. The van der Waals surface area contributed by atoms with E-state index in [0.29, 0.717) is 11.9 Å². The van der Waals surface area contributed by atoms with Crippen LogP contribution in [-0.2, 0) is 0 Å². The van der Waals surface area contributed by atoms with Crippen LogP contribution in [-0.4, -0.2) is 17.4 Å². The summed E-state index contributed by atoms with van der Waals surface area (Å²) in [6.45, 7) is 0. The number of hydrogen-bond donors (Lipinski definition) is 1. The van der Waals surface area contributed by atoms with Crippen LogP contribution < -0.4 is 5.73 Å². The molecule has 1 heterocycles. The number of aromatic nitrogens is 1. The minimum atomic E-state index is -4.52. The Kier molecular flexibility index (Phi) is 3.43. The highest BCUT2D eigenvalue weighted by molar-refractivity contribution is 5.74. The predicted molar refractivity (Wildman–Crippen MR) is 50.7 cm³/mol. The van der Waals surface area contributed by atoms with E-state index in [1.165, 1.54) is 6.20 Å². The first-order valence-electron chi connectivity index (χ1n) is 3.98. The largest absolute Gasteiger partial charge is 0.430 e. The molecule has 2 N–H and O–H groups in total. The molecule has 0 aliphatic carbocycles. The van der Waals surface area contributed by atoms with Gasteiger partial charge >= 0.3 is 6.18 Å². The second kappa shape index (κ2) is 4.59. The monoisotopic (exact) mass is 215 g/mol. The molecule has 1 aromatic rings. The van der Waals surface area contributed by atoms with E-state index >= 15 is 0 Å². The second-order valence-corrected chi connectivity index (χ2v) is 2.59. The van der Waals surface area contributed by atoms with Gasteiger partial charge in [0.25, 0.3) is 0 Å². The molecule has 1 rings (SSSR count). The van der Waals surface area contributed by atoms with Crippen molar-refractivity contribution in [3.8, 4) is 0 Å². The third kappa shape index (κ3) is 3.80. The van der Waals surface area contributed by atoms with Crippen molar-refractivity contribution in [3.05, 3.63) is 36.2 Å². The summed E-state index contributed by atoms with van der Waals surface area (Å²) in [5, 5.41) is 0. The zero-order chi connectivity index (χ0) is 11.3. The van der Waals surface area contributed by atoms with E-state index in [9.17, 15) is 13.2 Å². The average Bonchev–Trinajstić information content (AvgIpc) is 2.18. The lowest BCUT2D eigenvalue weighted by atomic mass is 10.4. The van der Waals surface area contributed by atoms with E-state index in [1.807, 2.05) is 0 Å². The number of allylic oxidation sites excluding steroid dienone is 2. The molecule has 0 spiro atoms. The molecule has 0 aromatic carbocycles. The van der Waals surface area contributed by atoms with Crippen LogP contribution in [0, 0.1) is 0 Å². The van der Waals surface area contributed by atoms with Gasteiger partial charge in [0.05, 0.1) is 0 Å². The van der Waals surface area contributed by atoms with Crippen LogP contribution in [0.25, 0.3) is 0 Å². The van der Waals surface area contributed by atoms with Crippen molar-refractivity contribution < 1.29 is 13.2 Å². The lowest BCUT2D eigenvalue weighted by Crippen LogP contribution is -2.19. The number of pyridine rings is 1. The topological polar surface area (TPSA) is 51.3 Å². The number of aliphatic imine (C=N–C) groups is 1. The molecule has 0 amide bonds. The first-order chi connectivity index (χ1) is 7.00. The first-order valence-corrected chi connectivity index (χ1v) is 3.98. The van der Waals surface area contributed by atoms with Gasteiger partial charge < -0.3 is 5.73 Å². The molecule has 0 radical (unpaired) electrons. The van der Waals surface area contributed by atoms with Gasteiger partial charge in [-0.2, -0.15) is 13.2 Å². The van der Waals surface area contributed by atoms with Crippen molar-refractivity contribution in [1.82, 2.24) is 4.98 Å². The highest BCUT2D eigenvalue weighted by Crippen LogP contribution is 2.20. The van der Waals surface area contributed by atoms with E-state index in [0.717, 1.165) is 6.21 Å². The van der Waals surface area contributed by atoms with Crippen LogP contribution in [0.5, 0.6) is 0 Å². The highest BCUT2D eigenvalue weighted by atomic mass is 19.4. The van der Waals surface area contributed by atoms with Crippen molar-refractivity contribution in [3.63, 3.8) is 0 Å². The lowest BCUT2D eigenvalue weighted by Gasteiger charge is -2.03. The van der Waals surface area contributed by atoms with Crippen LogP contribution in [0.1, 0.15) is 0 Å². The van der Waals surface area contributed by atoms with Crippen LogP contribution in [0.15, 0.2) is 41.2 Å². The Labute approximate surface area is 84.2 Å². The molecule has 0 atom stereocenters. The maximum Gasteiger partial charge on any atom is 0.430 e. The van der Waals surface area contributed by atoms with E-state index in [2.05, 4.69) is 9.98 Å². The maximum absolute atomic E-state index is 11.9. The number of nitrogens with two attached hydrogens (primary N) is 1. The molecule has 1 aromatic heterocycles. The quantitative estimate of drug-likeness (QED) is 0.769. The molecule has 15 heavy (non-hydrogen) atoms. The average molecular weight is 215 g/mol. The summed E-state index contributed by atoms with van der Waals surface area (Å²) in [6, 6.07) is 4.92. The van der Waals surface area contributed by atoms with Crippen molar-refractivity contribution in [1.29, 1.82) is 0 Å². The minimum Gasteiger partial charge on any atom is -0.395 e. The number of halogens is 3. The Hall–Kier alpha value is -1.85. The van der Waals surface area contributed by atoms with Gasteiger partial charge in [0.1, 0.15) is 5.70 Å². The van der Waals surface area contributed by atoms with E-state index in [1.54, 1.807) is 18.2 Å². The molecule has 0 aliphatic rings. The summed E-state index contributed by atoms with van der Waals surface area (Å²) < 4.78 is 35.7. The van der Waals surface area contributed by atoms with Gasteiger partial charge in [0, 0.05) is 12.4 Å². The molecule has 0 saturated carbocycles. The van der Waals surface area contributed by atoms with Crippen LogP contribution >= 0.6 is 0 Å². The fourth-order valence-electron chi connectivity index (χ4n) is 0.719. The molecule has 80 valence electrons. The minimum absolute atomic E-state index is 0.323. The summed E-state index contributed by atoms with van der Waals surface area (Å²) in [4.78, 5) is 7.46. The predicted octanol–water partition coefficient (Wildman–Crippen LogP) is 2.19. The Bertz CT molecular complexity index is 368. The van der Waals surface area contributed by atoms with Crippen molar-refractivity contribution in [2.24, 2.45) is 10.7 Å². The van der Waals surface area contributed by atoms with Crippen molar-refractivity contribution in [2.75, 3.05) is 0 Å². The summed E-state index contributed by atoms with van der Waals surface area (Å²) in [7, 11) is 0. The number of hydrogen-bond acceptors (Lipinski definition) is 3. The zero-order valence-corrected chi connectivity index (χ0v) is 7.57. The summed E-state index contributed by atoms with van der Waals surface area (Å²) in [5.74, 6) is 0.323. The van der Waals surface area contributed by atoms with E-state index in [4.69, 9.17) is 5.73 Å². The smallest absolute Gasteiger partial charge is 0.395 e. The molecular formula is C9H8F3N3. The lowest BCUT2D eigenvalue weighted by molar-refractivity contribution is -0.0925. The normalized spacial score (nSPS) is 13.4. The van der Waals surface area contributed by atoms with Crippen molar-refractivity contribution >= 4 is 12.0 Å². The fraction of sp³-hybridized carbons (Fsp3) is 0.111. The number of nitrogens with zero attached hydrogens (tertiary/aromatic N) is 2. The SMILES string of the molecule is NC(=CC=Nc1ccccn1)C(F)(F)F. The van der Waals surface area contributed by atoms with Gasteiger partial charge in [-0.1, -0.05) is 6.07 Å². The number of alkyl halides is 3. The Morgan fingerprint density at radius 1 is 1.40 bits per heavy atom. The summed E-state index contributed by atoms with van der Waals surface area (Å²) in [5.41, 5.74) is 3.55. The van der Waals surface area contributed by atoms with Gasteiger partial charge in [-0.05, 0) is 18.2 Å². The van der Waals surface area contributed by atoms with E-state index in [-0.39, 0.29) is 0 Å². The number of rotatable bonds is 2. The van der Waals surface area contributed by atoms with Crippen molar-refractivity contribution in [2.45, 2.75) is 6.18 Å². The maximum atomic E-state index is 11.9. The molecular weight excluding hydrogens is 207 g/mol. The molecule has 0 saturated heterocycles. The summed E-state index contributed by atoms with van der Waals surface area (Å²) >= 11 is 0. The van der Waals surface area contributed by atoms with Gasteiger partial charge in [-0.25, -0.2) is 9.98 Å². The third-order valence-corrected chi connectivity index (χ3v) is 1.44. The molecule has 0 aliphatic heterocycles. The first kappa shape index (κ1) is 11.2. The van der Waals surface area contributed by atoms with Gasteiger partial charge in [-0.15, -0.1) is 0 Å². The molecule has 0 fully saturated rings. The van der Waals surface area contributed by atoms with Gasteiger partial charge in [0.2, 0.25) is 0 Å². The highest BCUT2D eigenvalue weighted by Gasteiger charge is 2.30. The van der Waals surface area contributed by atoms with Gasteiger partial charge in [-0.3, -0.25) is 0 Å². The molecule has 0 unspecified atom stereocenters. The summed E-state index contributed by atoms with van der Waals surface area (Å²) in [6.07, 6.45) is -1.38. The zero-order valence-electron chi connectivity index (χ0n) is 7.57.